The van der Waals surface area contributed by atoms with E-state index in [2.05, 4.69) is 18.7 Å². The molecule has 2 aromatic carbocycles. The number of benzene rings is 2. The van der Waals surface area contributed by atoms with Crippen molar-refractivity contribution in [2.75, 3.05) is 40.2 Å². The smallest absolute Gasteiger partial charge is 0.309 e. The minimum Gasteiger partial charge on any atom is -0.497 e. The summed E-state index contributed by atoms with van der Waals surface area (Å²) in [5.74, 6) is 0.986. The van der Waals surface area contributed by atoms with E-state index < -0.39 is 11.9 Å². The van der Waals surface area contributed by atoms with Gasteiger partial charge in [-0.2, -0.15) is 0 Å². The molecular weight excluding hydrogens is 410 g/mol. The van der Waals surface area contributed by atoms with Crippen molar-refractivity contribution in [1.29, 1.82) is 0 Å². The molecule has 7 nitrogen and oxygen atoms in total. The summed E-state index contributed by atoms with van der Waals surface area (Å²) in [5, 5.41) is 10.3. The molecule has 1 unspecified atom stereocenters. The zero-order valence-corrected chi connectivity index (χ0v) is 18.8. The SMILES string of the molecule is COc1ccc([C@@H]2[C@@H](C(=O)O)C(c3ccc4c(c3)OCO4)CN2CCOCC(C)C)cc1. The van der Waals surface area contributed by atoms with Crippen LogP contribution in [0.4, 0.5) is 0 Å². The van der Waals surface area contributed by atoms with E-state index in [1.165, 1.54) is 0 Å². The van der Waals surface area contributed by atoms with Gasteiger partial charge in [0.1, 0.15) is 5.75 Å². The fourth-order valence-electron chi connectivity index (χ4n) is 4.64. The lowest BCUT2D eigenvalue weighted by Gasteiger charge is -2.27. The van der Waals surface area contributed by atoms with Crippen molar-refractivity contribution in [2.24, 2.45) is 11.8 Å². The maximum atomic E-state index is 12.6. The van der Waals surface area contributed by atoms with Gasteiger partial charge in [0, 0.05) is 31.7 Å². The summed E-state index contributed by atoms with van der Waals surface area (Å²) in [4.78, 5) is 14.8. The molecule has 32 heavy (non-hydrogen) atoms. The fourth-order valence-corrected chi connectivity index (χ4v) is 4.64. The lowest BCUT2D eigenvalue weighted by Crippen LogP contribution is -2.31. The number of hydrogen-bond acceptors (Lipinski definition) is 6. The Labute approximate surface area is 188 Å². The van der Waals surface area contributed by atoms with Crippen LogP contribution in [0.1, 0.15) is 36.9 Å². The molecule has 2 heterocycles. The number of carboxylic acid groups (broad SMARTS) is 1. The fraction of sp³-hybridized carbons (Fsp3) is 0.480. The summed E-state index contributed by atoms with van der Waals surface area (Å²) in [5.41, 5.74) is 1.91. The van der Waals surface area contributed by atoms with Crippen LogP contribution in [0, 0.1) is 11.8 Å². The largest absolute Gasteiger partial charge is 0.497 e. The number of ether oxygens (including phenoxy) is 4. The lowest BCUT2D eigenvalue weighted by atomic mass is 9.82. The van der Waals surface area contributed by atoms with Gasteiger partial charge < -0.3 is 24.1 Å². The van der Waals surface area contributed by atoms with Crippen molar-refractivity contribution in [2.45, 2.75) is 25.8 Å². The van der Waals surface area contributed by atoms with Gasteiger partial charge in [-0.15, -0.1) is 0 Å². The molecule has 7 heteroatoms. The van der Waals surface area contributed by atoms with Crippen molar-refractivity contribution in [1.82, 2.24) is 4.90 Å². The monoisotopic (exact) mass is 441 g/mol. The van der Waals surface area contributed by atoms with Crippen molar-refractivity contribution >= 4 is 5.97 Å². The highest BCUT2D eigenvalue weighted by Gasteiger charge is 2.47. The van der Waals surface area contributed by atoms with Gasteiger partial charge in [0.05, 0.1) is 19.6 Å². The zero-order chi connectivity index (χ0) is 22.7. The van der Waals surface area contributed by atoms with Crippen LogP contribution in [0.3, 0.4) is 0 Å². The Bertz CT molecular complexity index is 929. The first-order valence-electron chi connectivity index (χ1n) is 11.1. The van der Waals surface area contributed by atoms with E-state index in [1.54, 1.807) is 7.11 Å². The number of nitrogens with zero attached hydrogens (tertiary/aromatic N) is 1. The average Bonchev–Trinajstić information content (AvgIpc) is 3.40. The number of hydrogen-bond donors (Lipinski definition) is 1. The lowest BCUT2D eigenvalue weighted by molar-refractivity contribution is -0.143. The first-order chi connectivity index (χ1) is 15.5. The highest BCUT2D eigenvalue weighted by atomic mass is 16.7. The van der Waals surface area contributed by atoms with Gasteiger partial charge in [-0.1, -0.05) is 32.0 Å². The highest BCUT2D eigenvalue weighted by molar-refractivity contribution is 5.74. The zero-order valence-electron chi connectivity index (χ0n) is 18.8. The van der Waals surface area contributed by atoms with Crippen LogP contribution >= 0.6 is 0 Å². The third kappa shape index (κ3) is 4.69. The van der Waals surface area contributed by atoms with E-state index in [0.717, 1.165) is 16.9 Å². The molecule has 0 spiro atoms. The molecule has 2 aliphatic rings. The molecule has 0 saturated carbocycles. The third-order valence-electron chi connectivity index (χ3n) is 6.14. The van der Waals surface area contributed by atoms with Crippen molar-refractivity contribution < 1.29 is 28.8 Å². The molecule has 0 radical (unpaired) electrons. The first kappa shape index (κ1) is 22.4. The van der Waals surface area contributed by atoms with Gasteiger partial charge in [0.25, 0.3) is 0 Å². The summed E-state index contributed by atoms with van der Waals surface area (Å²) in [6.45, 7) is 6.96. The first-order valence-corrected chi connectivity index (χ1v) is 11.1. The van der Waals surface area contributed by atoms with E-state index >= 15 is 0 Å². The van der Waals surface area contributed by atoms with Crippen LogP contribution in [0.2, 0.25) is 0 Å². The maximum absolute atomic E-state index is 12.6. The second kappa shape index (κ2) is 9.79. The van der Waals surface area contributed by atoms with Crippen LogP contribution in [0.5, 0.6) is 17.2 Å². The normalized spacial score (nSPS) is 22.4. The van der Waals surface area contributed by atoms with Gasteiger partial charge in [-0.05, 0) is 41.3 Å². The molecule has 3 atom stereocenters. The predicted octanol–water partition coefficient (Wildman–Crippen LogP) is 3.94. The van der Waals surface area contributed by atoms with E-state index in [1.807, 2.05) is 42.5 Å². The van der Waals surface area contributed by atoms with Gasteiger partial charge in [-0.25, -0.2) is 0 Å². The van der Waals surface area contributed by atoms with Crippen molar-refractivity contribution in [3.05, 3.63) is 53.6 Å². The Hall–Kier alpha value is -2.77. The van der Waals surface area contributed by atoms with Crippen LogP contribution in [0.25, 0.3) is 0 Å². The molecule has 172 valence electrons. The molecule has 0 amide bonds. The molecule has 1 fully saturated rings. The quantitative estimate of drug-likeness (QED) is 0.591. The van der Waals surface area contributed by atoms with Crippen molar-refractivity contribution in [3.63, 3.8) is 0 Å². The van der Waals surface area contributed by atoms with E-state index in [0.29, 0.717) is 43.7 Å². The predicted molar refractivity (Wildman–Crippen MR) is 119 cm³/mol. The molecule has 2 aliphatic heterocycles. The van der Waals surface area contributed by atoms with Gasteiger partial charge >= 0.3 is 5.97 Å². The second-order valence-corrected chi connectivity index (χ2v) is 8.76. The molecular formula is C25H31NO6. The molecule has 4 rings (SSSR count). The van der Waals surface area contributed by atoms with E-state index in [4.69, 9.17) is 18.9 Å². The third-order valence-corrected chi connectivity index (χ3v) is 6.14. The average molecular weight is 442 g/mol. The van der Waals surface area contributed by atoms with E-state index in [9.17, 15) is 9.90 Å². The number of rotatable bonds is 9. The van der Waals surface area contributed by atoms with E-state index in [-0.39, 0.29) is 18.8 Å². The molecule has 0 bridgehead atoms. The van der Waals surface area contributed by atoms with Crippen LogP contribution in [-0.4, -0.2) is 56.2 Å². The standard InChI is InChI=1S/C25H31NO6/c1-16(2)14-30-11-10-26-13-20(18-6-9-21-22(12-18)32-15-31-21)23(25(27)28)24(26)17-4-7-19(29-3)8-5-17/h4-9,12,16,20,23-24H,10-11,13-15H2,1-3H3,(H,27,28)/t20?,23-,24+/m0/s1. The summed E-state index contributed by atoms with van der Waals surface area (Å²) < 4.78 is 22.1. The second-order valence-electron chi connectivity index (χ2n) is 8.76. The Morgan fingerprint density at radius 1 is 1.12 bits per heavy atom. The highest BCUT2D eigenvalue weighted by Crippen LogP contribution is 2.47. The number of carbonyl (C=O) groups is 1. The van der Waals surface area contributed by atoms with Gasteiger partial charge in [0.2, 0.25) is 6.79 Å². The Morgan fingerprint density at radius 2 is 1.84 bits per heavy atom. The van der Waals surface area contributed by atoms with Crippen LogP contribution in [0.15, 0.2) is 42.5 Å². The maximum Gasteiger partial charge on any atom is 0.309 e. The number of fused-ring (bicyclic) bond motifs is 1. The molecule has 2 aromatic rings. The number of methoxy groups -OCH3 is 1. The minimum absolute atomic E-state index is 0.181. The summed E-state index contributed by atoms with van der Waals surface area (Å²) in [6.07, 6.45) is 0. The summed E-state index contributed by atoms with van der Waals surface area (Å²) >= 11 is 0. The topological polar surface area (TPSA) is 77.5 Å². The number of carboxylic acids is 1. The summed E-state index contributed by atoms with van der Waals surface area (Å²) in [6, 6.07) is 13.2. The minimum atomic E-state index is -0.806. The Balaban J connectivity index is 1.64. The van der Waals surface area contributed by atoms with Crippen LogP contribution in [-0.2, 0) is 9.53 Å². The van der Waals surface area contributed by atoms with Gasteiger partial charge in [0.15, 0.2) is 11.5 Å². The number of aliphatic carboxylic acids is 1. The summed E-state index contributed by atoms with van der Waals surface area (Å²) in [7, 11) is 1.62. The number of likely N-dealkylation sites (tertiary alicyclic amines) is 1. The molecule has 1 N–H and O–H groups in total. The molecule has 0 aliphatic carbocycles. The molecule has 0 aromatic heterocycles. The van der Waals surface area contributed by atoms with Gasteiger partial charge in [-0.3, -0.25) is 9.69 Å². The Morgan fingerprint density at radius 3 is 2.53 bits per heavy atom. The Kier molecular flexibility index (Phi) is 6.86. The molecule has 1 saturated heterocycles. The van der Waals surface area contributed by atoms with Crippen molar-refractivity contribution in [3.8, 4) is 17.2 Å². The van der Waals surface area contributed by atoms with Crippen LogP contribution < -0.4 is 14.2 Å².